The van der Waals surface area contributed by atoms with E-state index in [1.165, 1.54) is 49.0 Å². The van der Waals surface area contributed by atoms with Gasteiger partial charge in [-0.2, -0.15) is 0 Å². The first-order valence-electron chi connectivity index (χ1n) is 13.6. The summed E-state index contributed by atoms with van der Waals surface area (Å²) in [5.41, 5.74) is 0. The average Bonchev–Trinajstić information content (AvgIpc) is 2.86. The molecule has 0 saturated heterocycles. The van der Waals surface area contributed by atoms with Crippen molar-refractivity contribution in [3.63, 3.8) is 0 Å². The predicted octanol–water partition coefficient (Wildman–Crippen LogP) is 5.71. The molecule has 0 aliphatic heterocycles. The summed E-state index contributed by atoms with van der Waals surface area (Å²) < 4.78 is 12.9. The number of hydrogen-bond acceptors (Lipinski definition) is 2. The lowest BCUT2D eigenvalue weighted by Crippen LogP contribution is -2.22. The van der Waals surface area contributed by atoms with Crippen LogP contribution >= 0.6 is 0 Å². The van der Waals surface area contributed by atoms with Crippen molar-refractivity contribution in [1.82, 2.24) is 0 Å². The molecule has 0 aromatic heterocycles. The molecule has 4 aliphatic carbocycles. The Hall–Kier alpha value is -2.48. The Balaban J connectivity index is 1.97. The van der Waals surface area contributed by atoms with Gasteiger partial charge in [0.25, 0.3) is 0 Å². The molecule has 0 N–H and O–H groups in total. The molecule has 6 rings (SSSR count). The van der Waals surface area contributed by atoms with E-state index in [2.05, 4.69) is 88.4 Å². The minimum atomic E-state index is 0.598. The van der Waals surface area contributed by atoms with E-state index >= 15 is 0 Å². The summed E-state index contributed by atoms with van der Waals surface area (Å²) in [6.45, 7) is 10.6. The molecule has 0 amide bonds. The molecule has 2 heteroatoms. The Labute approximate surface area is 206 Å². The van der Waals surface area contributed by atoms with Gasteiger partial charge in [0.1, 0.15) is 11.5 Å². The van der Waals surface area contributed by atoms with E-state index < -0.39 is 0 Å². The molecule has 34 heavy (non-hydrogen) atoms. The Morgan fingerprint density at radius 3 is 1.35 bits per heavy atom. The van der Waals surface area contributed by atoms with Crippen molar-refractivity contribution >= 4 is 24.3 Å². The van der Waals surface area contributed by atoms with Crippen molar-refractivity contribution in [3.8, 4) is 11.5 Å². The van der Waals surface area contributed by atoms with Crippen molar-refractivity contribution < 1.29 is 9.47 Å². The summed E-state index contributed by atoms with van der Waals surface area (Å²) >= 11 is 0. The number of benzene rings is 2. The van der Waals surface area contributed by atoms with Gasteiger partial charge in [-0.3, -0.25) is 0 Å². The first kappa shape index (κ1) is 26.1. The lowest BCUT2D eigenvalue weighted by atomic mass is 10.0. The van der Waals surface area contributed by atoms with Crippen molar-refractivity contribution in [1.29, 1.82) is 0 Å². The van der Waals surface area contributed by atoms with Crippen LogP contribution in [0.15, 0.2) is 36.4 Å². The van der Waals surface area contributed by atoms with Crippen LogP contribution < -0.4 is 30.3 Å². The van der Waals surface area contributed by atoms with E-state index in [1.807, 2.05) is 0 Å². The summed E-state index contributed by atoms with van der Waals surface area (Å²) in [5, 5.41) is 4.55. The third-order valence-corrected chi connectivity index (χ3v) is 7.03. The first-order chi connectivity index (χ1) is 16.7. The topological polar surface area (TPSA) is 18.5 Å². The molecule has 0 radical (unpaired) electrons. The molecule has 4 bridgehead atoms. The van der Waals surface area contributed by atoms with E-state index in [0.29, 0.717) is 11.8 Å². The number of unbranched alkanes of at least 4 members (excludes halogenated alkanes) is 2. The summed E-state index contributed by atoms with van der Waals surface area (Å²) in [4.78, 5) is 0. The summed E-state index contributed by atoms with van der Waals surface area (Å²) in [5.74, 6) is 3.10. The zero-order chi connectivity index (χ0) is 24.2. The van der Waals surface area contributed by atoms with Crippen molar-refractivity contribution in [2.24, 2.45) is 11.8 Å². The lowest BCUT2D eigenvalue weighted by molar-refractivity contribution is 0.225. The van der Waals surface area contributed by atoms with Crippen LogP contribution in [0.25, 0.3) is 24.3 Å². The largest absolute Gasteiger partial charge is 0.493 e. The Kier molecular flexibility index (Phi) is 10.8. The van der Waals surface area contributed by atoms with Crippen LogP contribution in [0.5, 0.6) is 11.5 Å². The lowest BCUT2D eigenvalue weighted by Gasteiger charge is -2.18. The van der Waals surface area contributed by atoms with Crippen molar-refractivity contribution in [3.05, 3.63) is 57.3 Å². The second-order valence-corrected chi connectivity index (χ2v) is 9.72. The minimum Gasteiger partial charge on any atom is -0.493 e. The quantitative estimate of drug-likeness (QED) is 0.359. The van der Waals surface area contributed by atoms with E-state index in [4.69, 9.17) is 9.47 Å². The van der Waals surface area contributed by atoms with Crippen molar-refractivity contribution in [2.75, 3.05) is 13.2 Å². The highest BCUT2D eigenvalue weighted by molar-refractivity contribution is 5.67. The van der Waals surface area contributed by atoms with Gasteiger partial charge < -0.3 is 9.47 Å². The van der Waals surface area contributed by atoms with Gasteiger partial charge in [0.2, 0.25) is 0 Å². The maximum absolute atomic E-state index is 6.47. The summed E-state index contributed by atoms with van der Waals surface area (Å²) in [6, 6.07) is 13.0. The van der Waals surface area contributed by atoms with Crippen LogP contribution in [0.2, 0.25) is 0 Å². The van der Waals surface area contributed by atoms with Crippen LogP contribution in [0.4, 0.5) is 0 Å². The van der Waals surface area contributed by atoms with Gasteiger partial charge in [-0.05, 0) is 47.2 Å². The second kappa shape index (κ2) is 14.0. The molecular formula is C32H44O2. The number of ether oxygens (including phenoxy) is 2. The summed E-state index contributed by atoms with van der Waals surface area (Å²) in [7, 11) is 0. The Morgan fingerprint density at radius 2 is 1.00 bits per heavy atom. The predicted molar refractivity (Wildman–Crippen MR) is 147 cm³/mol. The maximum Gasteiger partial charge on any atom is 0.127 e. The Morgan fingerprint density at radius 1 is 0.588 bits per heavy atom. The van der Waals surface area contributed by atoms with Gasteiger partial charge in [-0.1, -0.05) is 115 Å². The highest BCUT2D eigenvalue weighted by Crippen LogP contribution is 2.17. The van der Waals surface area contributed by atoms with E-state index in [9.17, 15) is 0 Å². The minimum absolute atomic E-state index is 0.598. The van der Waals surface area contributed by atoms with Gasteiger partial charge in [0, 0.05) is 10.4 Å². The fraction of sp³-hybridized carbons (Fsp3) is 0.500. The standard InChI is InChI=1S/C32H44O2/c1-5-9-11-25(7-3)23-33-31-21-30-20-18-28-15-13-27(14-16-28)17-19-29(31)22-32(30)34-24-26(8-4)12-10-6-2/h13-22,25-26H,5-12,23-24H2,1-4H3/b19-17?,20-18?,27-17?,28-18?,29-19-,30-20-. The van der Waals surface area contributed by atoms with Crippen LogP contribution in [-0.2, 0) is 0 Å². The monoisotopic (exact) mass is 460 g/mol. The highest BCUT2D eigenvalue weighted by Gasteiger charge is 2.11. The summed E-state index contributed by atoms with van der Waals surface area (Å²) in [6.07, 6.45) is 18.5. The van der Waals surface area contributed by atoms with E-state index in [0.717, 1.165) is 48.0 Å². The van der Waals surface area contributed by atoms with Gasteiger partial charge in [0.05, 0.1) is 13.2 Å². The molecule has 4 aliphatic rings. The SMILES string of the molecule is CCCCC(CC)COc1c/c2c(OCC(CC)CCCC)c/c1=C/C=c1ccc(cc1)=C\C=2. The molecule has 184 valence electrons. The molecule has 0 fully saturated rings. The zero-order valence-electron chi connectivity index (χ0n) is 21.8. The van der Waals surface area contributed by atoms with Crippen LogP contribution in [0, 0.1) is 11.8 Å². The second-order valence-electron chi connectivity index (χ2n) is 9.72. The fourth-order valence-electron chi connectivity index (χ4n) is 4.40. The molecule has 2 atom stereocenters. The highest BCUT2D eigenvalue weighted by atomic mass is 16.5. The number of hydrogen-bond donors (Lipinski definition) is 0. The molecule has 0 saturated carbocycles. The molecule has 2 aromatic rings. The van der Waals surface area contributed by atoms with Gasteiger partial charge >= 0.3 is 0 Å². The maximum atomic E-state index is 6.47. The fourth-order valence-corrected chi connectivity index (χ4v) is 4.40. The van der Waals surface area contributed by atoms with Crippen LogP contribution in [-0.4, -0.2) is 13.2 Å². The first-order valence-corrected chi connectivity index (χ1v) is 13.6. The normalized spacial score (nSPS) is 16.0. The molecule has 2 unspecified atom stereocenters. The van der Waals surface area contributed by atoms with Gasteiger partial charge in [-0.25, -0.2) is 0 Å². The average molecular weight is 461 g/mol. The van der Waals surface area contributed by atoms with Gasteiger partial charge in [0.15, 0.2) is 0 Å². The number of rotatable bonds is 14. The molecule has 2 aromatic carbocycles. The van der Waals surface area contributed by atoms with Gasteiger partial charge in [-0.15, -0.1) is 0 Å². The molecule has 2 nitrogen and oxygen atoms in total. The van der Waals surface area contributed by atoms with Crippen LogP contribution in [0.3, 0.4) is 0 Å². The Bertz CT molecular complexity index is 1010. The van der Waals surface area contributed by atoms with E-state index in [1.54, 1.807) is 0 Å². The molecule has 0 spiro atoms. The van der Waals surface area contributed by atoms with Crippen LogP contribution in [0.1, 0.15) is 79.1 Å². The third kappa shape index (κ3) is 7.79. The smallest absolute Gasteiger partial charge is 0.127 e. The third-order valence-electron chi connectivity index (χ3n) is 7.03. The molecule has 0 heterocycles. The zero-order valence-corrected chi connectivity index (χ0v) is 21.8. The molecular weight excluding hydrogens is 416 g/mol. The van der Waals surface area contributed by atoms with Crippen molar-refractivity contribution in [2.45, 2.75) is 79.1 Å². The van der Waals surface area contributed by atoms with E-state index in [-0.39, 0.29) is 0 Å².